The molecule has 0 radical (unpaired) electrons. The van der Waals surface area contributed by atoms with Crippen molar-refractivity contribution in [1.82, 2.24) is 14.7 Å². The molecule has 2 aromatic rings. The normalized spacial score (nSPS) is 15.5. The predicted molar refractivity (Wildman–Crippen MR) is 83.2 cm³/mol. The molecule has 0 spiro atoms. The fraction of sp³-hybridized carbons (Fsp3) is 0.562. The van der Waals surface area contributed by atoms with Gasteiger partial charge in [-0.1, -0.05) is 13.0 Å². The van der Waals surface area contributed by atoms with Gasteiger partial charge >= 0.3 is 0 Å². The van der Waals surface area contributed by atoms with E-state index >= 15 is 0 Å². The zero-order valence-corrected chi connectivity index (χ0v) is 12.5. The molecule has 4 heteroatoms. The molecule has 3 rings (SSSR count). The number of hydrogen-bond donors (Lipinski definition) is 1. The van der Waals surface area contributed by atoms with E-state index in [9.17, 15) is 0 Å². The molecule has 0 saturated heterocycles. The molecule has 4 nitrogen and oxygen atoms in total. The molecular weight excluding hydrogens is 248 g/mol. The van der Waals surface area contributed by atoms with Crippen molar-refractivity contribution in [3.05, 3.63) is 30.1 Å². The van der Waals surface area contributed by atoms with Gasteiger partial charge in [0.2, 0.25) is 0 Å². The summed E-state index contributed by atoms with van der Waals surface area (Å²) in [5.41, 5.74) is 2.32. The van der Waals surface area contributed by atoms with Crippen LogP contribution in [-0.4, -0.2) is 29.0 Å². The summed E-state index contributed by atoms with van der Waals surface area (Å²) >= 11 is 0. The average Bonchev–Trinajstić information content (AvgIpc) is 2.76. The van der Waals surface area contributed by atoms with Crippen molar-refractivity contribution < 1.29 is 0 Å². The van der Waals surface area contributed by atoms with Crippen LogP contribution in [0.25, 0.3) is 5.65 Å². The van der Waals surface area contributed by atoms with Crippen molar-refractivity contribution in [1.29, 1.82) is 0 Å². The van der Waals surface area contributed by atoms with Gasteiger partial charge in [0.1, 0.15) is 5.65 Å². The number of anilines is 1. The van der Waals surface area contributed by atoms with Crippen LogP contribution < -0.4 is 10.2 Å². The summed E-state index contributed by atoms with van der Waals surface area (Å²) in [5, 5.41) is 3.51. The predicted octanol–water partition coefficient (Wildman–Crippen LogP) is 2.82. The first-order chi connectivity index (χ1) is 9.81. The van der Waals surface area contributed by atoms with Crippen molar-refractivity contribution in [3.8, 4) is 0 Å². The molecule has 108 valence electrons. The number of hydrogen-bond acceptors (Lipinski definition) is 3. The van der Waals surface area contributed by atoms with Crippen LogP contribution in [0.15, 0.2) is 24.4 Å². The highest BCUT2D eigenvalue weighted by molar-refractivity contribution is 5.56. The molecule has 1 aliphatic carbocycles. The topological polar surface area (TPSA) is 32.6 Å². The molecule has 1 saturated carbocycles. The molecule has 1 fully saturated rings. The van der Waals surface area contributed by atoms with Crippen molar-refractivity contribution in [2.24, 2.45) is 0 Å². The van der Waals surface area contributed by atoms with Crippen LogP contribution in [0.2, 0.25) is 0 Å². The highest BCUT2D eigenvalue weighted by atomic mass is 15.2. The van der Waals surface area contributed by atoms with Crippen LogP contribution in [0.5, 0.6) is 0 Å². The highest BCUT2D eigenvalue weighted by Gasteiger charge is 2.26. The Morgan fingerprint density at radius 1 is 1.40 bits per heavy atom. The summed E-state index contributed by atoms with van der Waals surface area (Å²) in [6.45, 7) is 4.13. The summed E-state index contributed by atoms with van der Waals surface area (Å²) in [6, 6.07) is 6.88. The van der Waals surface area contributed by atoms with Crippen molar-refractivity contribution in [3.63, 3.8) is 0 Å². The molecule has 0 unspecified atom stereocenters. The second-order valence-electron chi connectivity index (χ2n) is 5.68. The van der Waals surface area contributed by atoms with E-state index in [4.69, 9.17) is 4.98 Å². The zero-order valence-electron chi connectivity index (χ0n) is 12.5. The smallest absolute Gasteiger partial charge is 0.152 e. The number of aromatic nitrogens is 2. The van der Waals surface area contributed by atoms with E-state index in [1.54, 1.807) is 0 Å². The number of imidazole rings is 1. The summed E-state index contributed by atoms with van der Waals surface area (Å²) in [4.78, 5) is 7.22. The zero-order chi connectivity index (χ0) is 13.9. The van der Waals surface area contributed by atoms with E-state index in [0.717, 1.165) is 31.0 Å². The Morgan fingerprint density at radius 3 is 2.95 bits per heavy atom. The molecule has 0 aromatic carbocycles. The molecule has 1 N–H and O–H groups in total. The van der Waals surface area contributed by atoms with Gasteiger partial charge in [-0.25, -0.2) is 4.98 Å². The standard InChI is InChI=1S/C16H24N4/c1-3-10-17-12-14-16(19(2)13-7-6-8-13)18-15-9-4-5-11-20(14)15/h4-5,9,11,13,17H,3,6-8,10,12H2,1-2H3. The fourth-order valence-corrected chi connectivity index (χ4v) is 2.81. The van der Waals surface area contributed by atoms with Gasteiger partial charge < -0.3 is 14.6 Å². The van der Waals surface area contributed by atoms with Crippen LogP contribution in [0.4, 0.5) is 5.82 Å². The van der Waals surface area contributed by atoms with E-state index in [2.05, 4.69) is 53.0 Å². The fourth-order valence-electron chi connectivity index (χ4n) is 2.81. The van der Waals surface area contributed by atoms with Crippen LogP contribution in [0, 0.1) is 0 Å². The van der Waals surface area contributed by atoms with Crippen molar-refractivity contribution >= 4 is 11.5 Å². The molecule has 2 aromatic heterocycles. The van der Waals surface area contributed by atoms with Gasteiger partial charge in [-0.2, -0.15) is 0 Å². The Hall–Kier alpha value is -1.55. The average molecular weight is 272 g/mol. The molecule has 0 atom stereocenters. The molecule has 0 amide bonds. The van der Waals surface area contributed by atoms with Gasteiger partial charge in [-0.15, -0.1) is 0 Å². The number of fused-ring (bicyclic) bond motifs is 1. The first kappa shape index (κ1) is 13.4. The lowest BCUT2D eigenvalue weighted by Gasteiger charge is -2.35. The van der Waals surface area contributed by atoms with E-state index in [0.29, 0.717) is 6.04 Å². The van der Waals surface area contributed by atoms with Gasteiger partial charge in [0.05, 0.1) is 5.69 Å². The van der Waals surface area contributed by atoms with E-state index in [1.807, 2.05) is 0 Å². The minimum atomic E-state index is 0.671. The van der Waals surface area contributed by atoms with Gasteiger partial charge in [-0.05, 0) is 44.4 Å². The minimum absolute atomic E-state index is 0.671. The van der Waals surface area contributed by atoms with Gasteiger partial charge in [0.15, 0.2) is 5.82 Å². The second-order valence-corrected chi connectivity index (χ2v) is 5.68. The SMILES string of the molecule is CCCNCc1c(N(C)C2CCC2)nc2ccccn12. The first-order valence-corrected chi connectivity index (χ1v) is 7.70. The molecule has 20 heavy (non-hydrogen) atoms. The summed E-state index contributed by atoms with van der Waals surface area (Å²) in [6.07, 6.45) is 7.22. The summed E-state index contributed by atoms with van der Waals surface area (Å²) in [5.74, 6) is 1.14. The molecular formula is C16H24N4. The largest absolute Gasteiger partial charge is 0.355 e. The summed E-state index contributed by atoms with van der Waals surface area (Å²) in [7, 11) is 2.19. The van der Waals surface area contributed by atoms with Crippen LogP contribution in [0.1, 0.15) is 38.3 Å². The first-order valence-electron chi connectivity index (χ1n) is 7.70. The number of pyridine rings is 1. The lowest BCUT2D eigenvalue weighted by Crippen LogP contribution is -2.38. The van der Waals surface area contributed by atoms with Crippen LogP contribution >= 0.6 is 0 Å². The van der Waals surface area contributed by atoms with Gasteiger partial charge in [-0.3, -0.25) is 0 Å². The van der Waals surface area contributed by atoms with E-state index in [-0.39, 0.29) is 0 Å². The van der Waals surface area contributed by atoms with Crippen molar-refractivity contribution in [2.45, 2.75) is 45.2 Å². The maximum absolute atomic E-state index is 4.84. The number of nitrogens with one attached hydrogen (secondary N) is 1. The third-order valence-electron chi connectivity index (χ3n) is 4.28. The Bertz CT molecular complexity index is 571. The Labute approximate surface area is 120 Å². The Kier molecular flexibility index (Phi) is 3.92. The second kappa shape index (κ2) is 5.83. The summed E-state index contributed by atoms with van der Waals surface area (Å²) < 4.78 is 2.22. The Morgan fingerprint density at radius 2 is 2.25 bits per heavy atom. The minimum Gasteiger partial charge on any atom is -0.355 e. The molecule has 2 heterocycles. The van der Waals surface area contributed by atoms with E-state index < -0.39 is 0 Å². The third kappa shape index (κ3) is 2.40. The van der Waals surface area contributed by atoms with Crippen molar-refractivity contribution in [2.75, 3.05) is 18.5 Å². The molecule has 0 aliphatic heterocycles. The molecule has 0 bridgehead atoms. The van der Waals surface area contributed by atoms with Crippen LogP contribution in [0.3, 0.4) is 0 Å². The van der Waals surface area contributed by atoms with Crippen LogP contribution in [-0.2, 0) is 6.54 Å². The monoisotopic (exact) mass is 272 g/mol. The van der Waals surface area contributed by atoms with Gasteiger partial charge in [0, 0.05) is 25.8 Å². The lowest BCUT2D eigenvalue weighted by atomic mass is 9.92. The Balaban J connectivity index is 1.93. The number of nitrogens with zero attached hydrogens (tertiary/aromatic N) is 3. The van der Waals surface area contributed by atoms with E-state index in [1.165, 1.54) is 25.0 Å². The quantitative estimate of drug-likeness (QED) is 0.821. The maximum atomic E-state index is 4.84. The molecule has 1 aliphatic rings. The lowest BCUT2D eigenvalue weighted by molar-refractivity contribution is 0.398. The van der Waals surface area contributed by atoms with Gasteiger partial charge in [0.25, 0.3) is 0 Å². The number of rotatable bonds is 6. The third-order valence-corrected chi connectivity index (χ3v) is 4.28. The maximum Gasteiger partial charge on any atom is 0.152 e. The highest BCUT2D eigenvalue weighted by Crippen LogP contribution is 2.30.